The molecule has 26 heavy (non-hydrogen) atoms. The van der Waals surface area contributed by atoms with E-state index in [1.807, 2.05) is 19.1 Å². The minimum Gasteiger partial charge on any atom is -0.486 e. The van der Waals surface area contributed by atoms with Gasteiger partial charge in [0.25, 0.3) is 0 Å². The lowest BCUT2D eigenvalue weighted by atomic mass is 10.1. The van der Waals surface area contributed by atoms with Gasteiger partial charge < -0.3 is 19.5 Å². The highest BCUT2D eigenvalue weighted by Crippen LogP contribution is 2.35. The summed E-state index contributed by atoms with van der Waals surface area (Å²) >= 11 is 3.47. The van der Waals surface area contributed by atoms with Crippen LogP contribution in [0.25, 0.3) is 0 Å². The number of fused-ring (bicyclic) bond motifs is 1. The highest BCUT2D eigenvalue weighted by Gasteiger charge is 2.17. The van der Waals surface area contributed by atoms with Crippen LogP contribution in [-0.4, -0.2) is 32.2 Å². The average molecular weight is 420 g/mol. The molecule has 1 heterocycles. The summed E-state index contributed by atoms with van der Waals surface area (Å²) in [6, 6.07) is 8.62. The summed E-state index contributed by atoms with van der Waals surface area (Å²) in [6.45, 7) is 2.83. The predicted molar refractivity (Wildman–Crippen MR) is 100.0 cm³/mol. The van der Waals surface area contributed by atoms with E-state index in [0.717, 1.165) is 15.6 Å². The third-order valence-corrected chi connectivity index (χ3v) is 4.72. The second-order valence-corrected chi connectivity index (χ2v) is 6.69. The van der Waals surface area contributed by atoms with Crippen LogP contribution >= 0.6 is 15.9 Å². The lowest BCUT2D eigenvalue weighted by Crippen LogP contribution is -2.18. The number of hydrogen-bond donors (Lipinski definition) is 1. The molecule has 0 unspecified atom stereocenters. The van der Waals surface area contributed by atoms with Crippen LogP contribution < -0.4 is 14.8 Å². The number of hydrogen-bond acceptors (Lipinski definition) is 5. The van der Waals surface area contributed by atoms with Gasteiger partial charge in [-0.1, -0.05) is 15.9 Å². The Balaban J connectivity index is 1.72. The first kappa shape index (κ1) is 18.3. The van der Waals surface area contributed by atoms with Crippen molar-refractivity contribution in [2.45, 2.75) is 13.3 Å². The molecular weight excluding hydrogens is 402 g/mol. The largest absolute Gasteiger partial charge is 0.486 e. The zero-order valence-corrected chi connectivity index (χ0v) is 16.0. The molecule has 1 aliphatic rings. The quantitative estimate of drug-likeness (QED) is 0.767. The van der Waals surface area contributed by atoms with Gasteiger partial charge in [-0.25, -0.2) is 4.79 Å². The summed E-state index contributed by atoms with van der Waals surface area (Å²) in [4.78, 5) is 24.0. The molecule has 0 aromatic heterocycles. The van der Waals surface area contributed by atoms with E-state index in [1.165, 1.54) is 7.11 Å². The predicted octanol–water partition coefficient (Wildman–Crippen LogP) is 3.50. The molecule has 6 nitrogen and oxygen atoms in total. The summed E-state index contributed by atoms with van der Waals surface area (Å²) in [7, 11) is 1.33. The fourth-order valence-corrected chi connectivity index (χ4v) is 3.12. The number of ether oxygens (including phenoxy) is 3. The van der Waals surface area contributed by atoms with Crippen molar-refractivity contribution in [3.05, 3.63) is 51.5 Å². The Labute approximate surface area is 159 Å². The normalized spacial score (nSPS) is 12.4. The molecule has 3 rings (SSSR count). The number of methoxy groups -OCH3 is 1. The number of amides is 1. The van der Waals surface area contributed by atoms with Crippen molar-refractivity contribution in [2.75, 3.05) is 25.6 Å². The van der Waals surface area contributed by atoms with E-state index in [-0.39, 0.29) is 12.3 Å². The minimum absolute atomic E-state index is 0.170. The standard InChI is InChI=1S/C19H18BrNO5/c1-11-7-12(19(23)24-2)3-4-15(11)21-18(22)9-13-8-16-17(10-14(13)20)26-6-5-25-16/h3-4,7-8,10H,5-6,9H2,1-2H3,(H,21,22). The molecule has 7 heteroatoms. The molecule has 0 saturated heterocycles. The van der Waals surface area contributed by atoms with E-state index >= 15 is 0 Å². The van der Waals surface area contributed by atoms with Crippen molar-refractivity contribution in [3.8, 4) is 11.5 Å². The van der Waals surface area contributed by atoms with Gasteiger partial charge in [0.2, 0.25) is 5.91 Å². The topological polar surface area (TPSA) is 73.9 Å². The fourth-order valence-electron chi connectivity index (χ4n) is 2.66. The van der Waals surface area contributed by atoms with Crippen LogP contribution in [0.5, 0.6) is 11.5 Å². The van der Waals surface area contributed by atoms with Crippen molar-refractivity contribution in [1.82, 2.24) is 0 Å². The number of nitrogens with one attached hydrogen (secondary N) is 1. The van der Waals surface area contributed by atoms with E-state index in [1.54, 1.807) is 18.2 Å². The van der Waals surface area contributed by atoms with Crippen molar-refractivity contribution in [3.63, 3.8) is 0 Å². The summed E-state index contributed by atoms with van der Waals surface area (Å²) in [6.07, 6.45) is 0.176. The Morgan fingerprint density at radius 2 is 1.85 bits per heavy atom. The zero-order chi connectivity index (χ0) is 18.7. The average Bonchev–Trinajstić information content (AvgIpc) is 2.63. The van der Waals surface area contributed by atoms with Crippen LogP contribution in [0.4, 0.5) is 5.69 Å². The maximum Gasteiger partial charge on any atom is 0.337 e. The maximum atomic E-state index is 12.4. The Kier molecular flexibility index (Phi) is 5.46. The molecule has 0 bridgehead atoms. The molecule has 0 saturated carbocycles. The van der Waals surface area contributed by atoms with Crippen molar-refractivity contribution in [2.24, 2.45) is 0 Å². The number of anilines is 1. The van der Waals surface area contributed by atoms with E-state index in [9.17, 15) is 9.59 Å². The molecule has 0 aliphatic carbocycles. The van der Waals surface area contributed by atoms with Crippen LogP contribution in [0.3, 0.4) is 0 Å². The summed E-state index contributed by atoms with van der Waals surface area (Å²) < 4.78 is 16.6. The smallest absolute Gasteiger partial charge is 0.337 e. The van der Waals surface area contributed by atoms with Gasteiger partial charge in [-0.05, 0) is 48.4 Å². The lowest BCUT2D eigenvalue weighted by Gasteiger charge is -2.20. The van der Waals surface area contributed by atoms with Crippen LogP contribution in [0.1, 0.15) is 21.5 Å². The third-order valence-electron chi connectivity index (χ3n) is 3.98. The maximum absolute atomic E-state index is 12.4. The SMILES string of the molecule is COC(=O)c1ccc(NC(=O)Cc2cc3c(cc2Br)OCCO3)c(C)c1. The Hall–Kier alpha value is -2.54. The van der Waals surface area contributed by atoms with Gasteiger partial charge >= 0.3 is 5.97 Å². The summed E-state index contributed by atoms with van der Waals surface area (Å²) in [5.41, 5.74) is 2.67. The molecule has 1 amide bonds. The van der Waals surface area contributed by atoms with Gasteiger partial charge in [-0.2, -0.15) is 0 Å². The van der Waals surface area contributed by atoms with Crippen LogP contribution in [0, 0.1) is 6.92 Å². The molecule has 2 aromatic carbocycles. The highest BCUT2D eigenvalue weighted by atomic mass is 79.9. The van der Waals surface area contributed by atoms with E-state index in [0.29, 0.717) is 36.0 Å². The van der Waals surface area contributed by atoms with Crippen LogP contribution in [0.2, 0.25) is 0 Å². The van der Waals surface area contributed by atoms with Crippen molar-refractivity contribution >= 4 is 33.5 Å². The molecule has 136 valence electrons. The molecule has 0 radical (unpaired) electrons. The van der Waals surface area contributed by atoms with Crippen molar-refractivity contribution < 1.29 is 23.8 Å². The second-order valence-electron chi connectivity index (χ2n) is 5.83. The first-order valence-electron chi connectivity index (χ1n) is 8.05. The highest BCUT2D eigenvalue weighted by molar-refractivity contribution is 9.10. The molecule has 0 fully saturated rings. The number of carbonyl (C=O) groups excluding carboxylic acids is 2. The van der Waals surface area contributed by atoms with Gasteiger partial charge in [-0.3, -0.25) is 4.79 Å². The van der Waals surface area contributed by atoms with E-state index in [2.05, 4.69) is 21.2 Å². The molecule has 1 N–H and O–H groups in total. The Bertz CT molecular complexity index is 865. The first-order chi connectivity index (χ1) is 12.5. The van der Waals surface area contributed by atoms with E-state index < -0.39 is 5.97 Å². The first-order valence-corrected chi connectivity index (χ1v) is 8.84. The van der Waals surface area contributed by atoms with Crippen LogP contribution in [-0.2, 0) is 16.0 Å². The number of aryl methyl sites for hydroxylation is 1. The van der Waals surface area contributed by atoms with Gasteiger partial charge in [0, 0.05) is 10.2 Å². The van der Waals surface area contributed by atoms with Crippen LogP contribution in [0.15, 0.2) is 34.8 Å². The summed E-state index contributed by atoms with van der Waals surface area (Å²) in [5.74, 6) is 0.727. The minimum atomic E-state index is -0.411. The zero-order valence-electron chi connectivity index (χ0n) is 14.4. The fraction of sp³-hybridized carbons (Fsp3) is 0.263. The Morgan fingerprint density at radius 1 is 1.15 bits per heavy atom. The van der Waals surface area contributed by atoms with E-state index in [4.69, 9.17) is 14.2 Å². The number of esters is 1. The monoisotopic (exact) mass is 419 g/mol. The number of benzene rings is 2. The van der Waals surface area contributed by atoms with Gasteiger partial charge in [0.15, 0.2) is 11.5 Å². The molecule has 1 aliphatic heterocycles. The molecule has 2 aromatic rings. The number of halogens is 1. The molecule has 0 atom stereocenters. The molecule has 0 spiro atoms. The van der Waals surface area contributed by atoms with Gasteiger partial charge in [0.05, 0.1) is 19.1 Å². The number of rotatable bonds is 4. The second kappa shape index (κ2) is 7.78. The Morgan fingerprint density at radius 3 is 2.50 bits per heavy atom. The van der Waals surface area contributed by atoms with Gasteiger partial charge in [0.1, 0.15) is 13.2 Å². The molecular formula is C19H18BrNO5. The summed E-state index contributed by atoms with van der Waals surface area (Å²) in [5, 5.41) is 2.87. The van der Waals surface area contributed by atoms with Gasteiger partial charge in [-0.15, -0.1) is 0 Å². The number of carbonyl (C=O) groups is 2. The lowest BCUT2D eigenvalue weighted by molar-refractivity contribution is -0.115. The third kappa shape index (κ3) is 3.99. The van der Waals surface area contributed by atoms with Crippen molar-refractivity contribution in [1.29, 1.82) is 0 Å².